The van der Waals surface area contributed by atoms with E-state index in [0.717, 1.165) is 27.8 Å². The molecular formula is C24H30N4O3. The molecule has 2 aromatic carbocycles. The molecular weight excluding hydrogens is 392 g/mol. The van der Waals surface area contributed by atoms with Crippen molar-refractivity contribution >= 4 is 22.7 Å². The van der Waals surface area contributed by atoms with Crippen molar-refractivity contribution in [1.29, 1.82) is 0 Å². The van der Waals surface area contributed by atoms with Gasteiger partial charge in [-0.1, -0.05) is 30.3 Å². The molecule has 164 valence electrons. The lowest BCUT2D eigenvalue weighted by molar-refractivity contribution is -0.130. The van der Waals surface area contributed by atoms with Crippen LogP contribution in [0.2, 0.25) is 0 Å². The van der Waals surface area contributed by atoms with Crippen LogP contribution in [0, 0.1) is 0 Å². The van der Waals surface area contributed by atoms with Crippen LogP contribution in [-0.4, -0.2) is 74.5 Å². The molecule has 1 atom stereocenters. The number of nitrogens with zero attached hydrogens (tertiary/aromatic N) is 2. The average Bonchev–Trinajstić information content (AvgIpc) is 3.18. The van der Waals surface area contributed by atoms with Crippen molar-refractivity contribution in [2.24, 2.45) is 0 Å². The molecule has 7 heteroatoms. The van der Waals surface area contributed by atoms with E-state index in [1.165, 1.54) is 4.90 Å². The number of hydrogen-bond donors (Lipinski definition) is 2. The minimum absolute atomic E-state index is 0.0280. The second-order valence-corrected chi connectivity index (χ2v) is 7.88. The first-order valence-electron chi connectivity index (χ1n) is 10.2. The van der Waals surface area contributed by atoms with Crippen molar-refractivity contribution in [2.75, 3.05) is 47.9 Å². The maximum absolute atomic E-state index is 12.6. The van der Waals surface area contributed by atoms with Gasteiger partial charge in [0, 0.05) is 43.7 Å². The number of hydrogen-bond acceptors (Lipinski definition) is 4. The normalized spacial score (nSPS) is 12.0. The molecule has 1 aromatic heterocycles. The van der Waals surface area contributed by atoms with E-state index in [9.17, 15) is 9.59 Å². The summed E-state index contributed by atoms with van der Waals surface area (Å²) in [6, 6.07) is 16.1. The fraction of sp³-hybridized carbons (Fsp3) is 0.333. The number of carbonyl (C=O) groups excluding carboxylic acids is 2. The van der Waals surface area contributed by atoms with Gasteiger partial charge in [-0.3, -0.25) is 14.5 Å². The molecule has 2 amide bonds. The van der Waals surface area contributed by atoms with E-state index in [1.54, 1.807) is 33.2 Å². The Bertz CT molecular complexity index is 1030. The van der Waals surface area contributed by atoms with E-state index in [0.29, 0.717) is 6.54 Å². The fourth-order valence-corrected chi connectivity index (χ4v) is 3.57. The van der Waals surface area contributed by atoms with Gasteiger partial charge in [-0.05, 0) is 36.4 Å². The zero-order chi connectivity index (χ0) is 22.4. The molecule has 3 rings (SSSR count). The SMILES string of the molecule is COc1ccc([C@H](CNC(=O)CN(C)CC(=O)N(C)C)c2c[nH]c3ccccc23)cc1. The van der Waals surface area contributed by atoms with Crippen LogP contribution in [0.3, 0.4) is 0 Å². The van der Waals surface area contributed by atoms with E-state index in [2.05, 4.69) is 16.4 Å². The van der Waals surface area contributed by atoms with Gasteiger partial charge in [0.2, 0.25) is 11.8 Å². The summed E-state index contributed by atoms with van der Waals surface area (Å²) in [4.78, 5) is 31.0. The molecule has 0 radical (unpaired) electrons. The number of H-pyrrole nitrogens is 1. The smallest absolute Gasteiger partial charge is 0.236 e. The summed E-state index contributed by atoms with van der Waals surface area (Å²) < 4.78 is 5.29. The number of likely N-dealkylation sites (N-methyl/N-ethyl adjacent to an activating group) is 2. The Morgan fingerprint density at radius 3 is 2.42 bits per heavy atom. The van der Waals surface area contributed by atoms with E-state index < -0.39 is 0 Å². The Balaban J connectivity index is 1.76. The third-order valence-corrected chi connectivity index (χ3v) is 5.34. The predicted molar refractivity (Wildman–Crippen MR) is 122 cm³/mol. The van der Waals surface area contributed by atoms with Crippen LogP contribution in [0.25, 0.3) is 10.9 Å². The number of rotatable bonds is 9. The second-order valence-electron chi connectivity index (χ2n) is 7.88. The summed E-state index contributed by atoms with van der Waals surface area (Å²) in [5.74, 6) is 0.606. The number of ether oxygens (including phenoxy) is 1. The van der Waals surface area contributed by atoms with Crippen LogP contribution < -0.4 is 10.1 Å². The summed E-state index contributed by atoms with van der Waals surface area (Å²) in [7, 11) is 6.82. The molecule has 0 spiro atoms. The van der Waals surface area contributed by atoms with Gasteiger partial charge >= 0.3 is 0 Å². The Hall–Kier alpha value is -3.32. The van der Waals surface area contributed by atoms with Crippen LogP contribution >= 0.6 is 0 Å². The first kappa shape index (κ1) is 22.4. The van der Waals surface area contributed by atoms with Crippen molar-refractivity contribution in [3.05, 3.63) is 65.9 Å². The van der Waals surface area contributed by atoms with Gasteiger partial charge in [0.15, 0.2) is 0 Å². The highest BCUT2D eigenvalue weighted by atomic mass is 16.5. The molecule has 7 nitrogen and oxygen atoms in total. The van der Waals surface area contributed by atoms with Crippen molar-refractivity contribution in [3.63, 3.8) is 0 Å². The molecule has 0 bridgehead atoms. The molecule has 0 aliphatic heterocycles. The van der Waals surface area contributed by atoms with Crippen molar-refractivity contribution in [2.45, 2.75) is 5.92 Å². The lowest BCUT2D eigenvalue weighted by atomic mass is 9.90. The van der Waals surface area contributed by atoms with Crippen LogP contribution in [0.15, 0.2) is 54.7 Å². The monoisotopic (exact) mass is 422 g/mol. The molecule has 2 N–H and O–H groups in total. The molecule has 0 fully saturated rings. The van der Waals surface area contributed by atoms with Gasteiger partial charge in [0.05, 0.1) is 20.2 Å². The number of fused-ring (bicyclic) bond motifs is 1. The molecule has 1 heterocycles. The van der Waals surface area contributed by atoms with Gasteiger partial charge in [-0.2, -0.15) is 0 Å². The zero-order valence-corrected chi connectivity index (χ0v) is 18.5. The zero-order valence-electron chi connectivity index (χ0n) is 18.5. The van der Waals surface area contributed by atoms with E-state index in [-0.39, 0.29) is 30.8 Å². The maximum atomic E-state index is 12.6. The molecule has 3 aromatic rings. The summed E-state index contributed by atoms with van der Waals surface area (Å²) in [5, 5.41) is 4.18. The molecule has 31 heavy (non-hydrogen) atoms. The first-order valence-corrected chi connectivity index (χ1v) is 10.2. The minimum atomic E-state index is -0.118. The fourth-order valence-electron chi connectivity index (χ4n) is 3.57. The van der Waals surface area contributed by atoms with Crippen LogP contribution in [-0.2, 0) is 9.59 Å². The summed E-state index contributed by atoms with van der Waals surface area (Å²) >= 11 is 0. The number of aromatic amines is 1. The Labute approximate surface area is 183 Å². The van der Waals surface area contributed by atoms with Crippen molar-refractivity contribution < 1.29 is 14.3 Å². The number of para-hydroxylation sites is 1. The molecule has 0 saturated carbocycles. The lowest BCUT2D eigenvalue weighted by Gasteiger charge is -2.21. The summed E-state index contributed by atoms with van der Waals surface area (Å²) in [5.41, 5.74) is 3.27. The summed E-state index contributed by atoms with van der Waals surface area (Å²) in [6.45, 7) is 0.802. The second kappa shape index (κ2) is 10.1. The first-order chi connectivity index (χ1) is 14.9. The Kier molecular flexibility index (Phi) is 7.31. The number of methoxy groups -OCH3 is 1. The van der Waals surface area contributed by atoms with Gasteiger partial charge in [-0.15, -0.1) is 0 Å². The third-order valence-electron chi connectivity index (χ3n) is 5.34. The largest absolute Gasteiger partial charge is 0.497 e. The highest BCUT2D eigenvalue weighted by Gasteiger charge is 2.20. The van der Waals surface area contributed by atoms with Gasteiger partial charge < -0.3 is 19.9 Å². The number of amides is 2. The Morgan fingerprint density at radius 1 is 1.03 bits per heavy atom. The van der Waals surface area contributed by atoms with Gasteiger partial charge in [0.1, 0.15) is 5.75 Å². The van der Waals surface area contributed by atoms with E-state index in [4.69, 9.17) is 4.74 Å². The van der Waals surface area contributed by atoms with Gasteiger partial charge in [-0.25, -0.2) is 0 Å². The molecule has 0 aliphatic rings. The number of carbonyl (C=O) groups is 2. The van der Waals surface area contributed by atoms with Crippen LogP contribution in [0.4, 0.5) is 0 Å². The lowest BCUT2D eigenvalue weighted by Crippen LogP contribution is -2.41. The van der Waals surface area contributed by atoms with E-state index in [1.807, 2.05) is 48.7 Å². The van der Waals surface area contributed by atoms with Gasteiger partial charge in [0.25, 0.3) is 0 Å². The van der Waals surface area contributed by atoms with Crippen LogP contribution in [0.1, 0.15) is 17.0 Å². The molecule has 0 unspecified atom stereocenters. The molecule has 0 aliphatic carbocycles. The number of benzene rings is 2. The average molecular weight is 423 g/mol. The Morgan fingerprint density at radius 2 is 1.74 bits per heavy atom. The minimum Gasteiger partial charge on any atom is -0.497 e. The quantitative estimate of drug-likeness (QED) is 0.555. The standard InChI is InChI=1S/C24H30N4O3/c1-27(2)24(30)16-28(3)15-23(29)26-13-20(17-9-11-18(31-4)12-10-17)21-14-25-22-8-6-5-7-19(21)22/h5-12,14,20,25H,13,15-16H2,1-4H3,(H,26,29)/t20-/m0/s1. The number of nitrogens with one attached hydrogen (secondary N) is 2. The third kappa shape index (κ3) is 5.64. The molecule has 0 saturated heterocycles. The summed E-state index contributed by atoms with van der Waals surface area (Å²) in [6.07, 6.45) is 2.01. The topological polar surface area (TPSA) is 77.7 Å². The highest BCUT2D eigenvalue weighted by molar-refractivity contribution is 5.84. The highest BCUT2D eigenvalue weighted by Crippen LogP contribution is 2.31. The van der Waals surface area contributed by atoms with Crippen molar-refractivity contribution in [3.8, 4) is 5.75 Å². The van der Waals surface area contributed by atoms with Crippen molar-refractivity contribution in [1.82, 2.24) is 20.1 Å². The maximum Gasteiger partial charge on any atom is 0.236 e. The van der Waals surface area contributed by atoms with Crippen LogP contribution in [0.5, 0.6) is 5.75 Å². The number of aromatic nitrogens is 1. The predicted octanol–water partition coefficient (Wildman–Crippen LogP) is 2.44. The van der Waals surface area contributed by atoms with E-state index >= 15 is 0 Å².